The molecule has 2 aromatic rings. The van der Waals surface area contributed by atoms with E-state index in [1.807, 2.05) is 25.2 Å². The molecule has 1 aliphatic heterocycles. The zero-order valence-corrected chi connectivity index (χ0v) is 15.8. The van der Waals surface area contributed by atoms with Crippen LogP contribution in [0.25, 0.3) is 0 Å². The lowest BCUT2D eigenvalue weighted by Gasteiger charge is -2.21. The van der Waals surface area contributed by atoms with Crippen LogP contribution in [0.15, 0.2) is 41.3 Å². The number of aryl methyl sites for hydroxylation is 2. The largest absolute Gasteiger partial charge is 0.486 e. The van der Waals surface area contributed by atoms with E-state index in [0.717, 1.165) is 17.1 Å². The average molecular weight is 369 g/mol. The van der Waals surface area contributed by atoms with Crippen molar-refractivity contribution in [3.05, 3.63) is 53.1 Å². The Balaban J connectivity index is 1.33. The van der Waals surface area contributed by atoms with Crippen LogP contribution in [0.4, 0.5) is 0 Å². The van der Waals surface area contributed by atoms with Gasteiger partial charge in [-0.1, -0.05) is 12.1 Å². The van der Waals surface area contributed by atoms with Gasteiger partial charge in [-0.05, 0) is 60.2 Å². The third-order valence-corrected chi connectivity index (χ3v) is 5.86. The minimum absolute atomic E-state index is 0.130. The molecule has 4 nitrogen and oxygen atoms in total. The molecule has 26 heavy (non-hydrogen) atoms. The predicted molar refractivity (Wildman–Crippen MR) is 103 cm³/mol. The lowest BCUT2D eigenvalue weighted by molar-refractivity contribution is -0.127. The first kappa shape index (κ1) is 17.3. The maximum Gasteiger partial charge on any atom is 0.232 e. The van der Waals surface area contributed by atoms with E-state index >= 15 is 0 Å². The van der Waals surface area contributed by atoms with Gasteiger partial charge >= 0.3 is 0 Å². The number of benzene rings is 2. The first-order valence-electron chi connectivity index (χ1n) is 9.06. The van der Waals surface area contributed by atoms with Crippen molar-refractivity contribution in [2.45, 2.75) is 30.7 Å². The summed E-state index contributed by atoms with van der Waals surface area (Å²) in [4.78, 5) is 15.4. The molecule has 0 spiro atoms. The van der Waals surface area contributed by atoms with Crippen LogP contribution in [0.1, 0.15) is 23.1 Å². The Hall–Kier alpha value is -2.14. The van der Waals surface area contributed by atoms with Crippen LogP contribution in [0.3, 0.4) is 0 Å². The number of fused-ring (bicyclic) bond motifs is 2. The Labute approximate surface area is 158 Å². The molecule has 0 saturated carbocycles. The van der Waals surface area contributed by atoms with Crippen LogP contribution in [0.2, 0.25) is 0 Å². The second kappa shape index (κ2) is 7.62. The van der Waals surface area contributed by atoms with Gasteiger partial charge in [0, 0.05) is 18.5 Å². The second-order valence-electron chi connectivity index (χ2n) is 6.80. The molecule has 1 amide bonds. The fraction of sp³-hybridized carbons (Fsp3) is 0.381. The molecule has 0 saturated heterocycles. The predicted octanol–water partition coefficient (Wildman–Crippen LogP) is 3.70. The van der Waals surface area contributed by atoms with E-state index in [-0.39, 0.29) is 5.91 Å². The Kier molecular flexibility index (Phi) is 5.07. The molecule has 2 aromatic carbocycles. The maximum atomic E-state index is 12.5. The molecule has 1 aliphatic carbocycles. The number of carbonyl (C=O) groups excluding carboxylic acids is 1. The zero-order valence-electron chi connectivity index (χ0n) is 15.0. The number of rotatable bonds is 5. The molecule has 0 N–H and O–H groups in total. The SMILES string of the molecule is CN(Cc1ccc2c(c1)OCCO2)C(=O)CSc1ccc2c(c1)CCC2. The van der Waals surface area contributed by atoms with Gasteiger partial charge in [0.2, 0.25) is 5.91 Å². The van der Waals surface area contributed by atoms with Gasteiger partial charge in [-0.3, -0.25) is 4.79 Å². The van der Waals surface area contributed by atoms with Gasteiger partial charge < -0.3 is 14.4 Å². The summed E-state index contributed by atoms with van der Waals surface area (Å²) in [7, 11) is 1.85. The summed E-state index contributed by atoms with van der Waals surface area (Å²) in [5.74, 6) is 2.13. The fourth-order valence-electron chi connectivity index (χ4n) is 3.44. The highest BCUT2D eigenvalue weighted by Gasteiger charge is 2.15. The van der Waals surface area contributed by atoms with Crippen molar-refractivity contribution in [3.8, 4) is 11.5 Å². The van der Waals surface area contributed by atoms with Crippen LogP contribution in [-0.4, -0.2) is 36.8 Å². The molecule has 0 aromatic heterocycles. The van der Waals surface area contributed by atoms with Crippen molar-refractivity contribution in [3.63, 3.8) is 0 Å². The van der Waals surface area contributed by atoms with Crippen LogP contribution in [0, 0.1) is 0 Å². The third kappa shape index (κ3) is 3.83. The van der Waals surface area contributed by atoms with Gasteiger partial charge in [0.15, 0.2) is 11.5 Å². The standard InChI is InChI=1S/C21H23NO3S/c1-22(13-15-5-8-19-20(11-15)25-10-9-24-19)21(23)14-26-18-7-6-16-3-2-4-17(16)12-18/h5-8,11-12H,2-4,9-10,13-14H2,1H3. The van der Waals surface area contributed by atoms with E-state index in [0.29, 0.717) is 25.5 Å². The summed E-state index contributed by atoms with van der Waals surface area (Å²) >= 11 is 1.62. The van der Waals surface area contributed by atoms with Crippen LogP contribution in [0.5, 0.6) is 11.5 Å². The third-order valence-electron chi connectivity index (χ3n) is 4.88. The molecule has 4 rings (SSSR count). The summed E-state index contributed by atoms with van der Waals surface area (Å²) in [5.41, 5.74) is 3.97. The van der Waals surface area contributed by atoms with Gasteiger partial charge in [0.05, 0.1) is 5.75 Å². The summed E-state index contributed by atoms with van der Waals surface area (Å²) in [6.07, 6.45) is 3.61. The summed E-state index contributed by atoms with van der Waals surface area (Å²) in [6.45, 7) is 1.73. The van der Waals surface area contributed by atoms with Crippen molar-refractivity contribution in [1.29, 1.82) is 0 Å². The zero-order chi connectivity index (χ0) is 17.9. The highest BCUT2D eigenvalue weighted by molar-refractivity contribution is 8.00. The van der Waals surface area contributed by atoms with Crippen LogP contribution >= 0.6 is 11.8 Å². The van der Waals surface area contributed by atoms with E-state index in [1.165, 1.54) is 35.3 Å². The van der Waals surface area contributed by atoms with Gasteiger partial charge in [-0.15, -0.1) is 11.8 Å². The van der Waals surface area contributed by atoms with Crippen molar-refractivity contribution in [1.82, 2.24) is 4.90 Å². The van der Waals surface area contributed by atoms with Crippen molar-refractivity contribution < 1.29 is 14.3 Å². The number of nitrogens with zero attached hydrogens (tertiary/aromatic N) is 1. The molecule has 0 fully saturated rings. The van der Waals surface area contributed by atoms with Gasteiger partial charge in [0.25, 0.3) is 0 Å². The molecular formula is C21H23NO3S. The van der Waals surface area contributed by atoms with Crippen LogP contribution < -0.4 is 9.47 Å². The highest BCUT2D eigenvalue weighted by atomic mass is 32.2. The topological polar surface area (TPSA) is 38.8 Å². The van der Waals surface area contributed by atoms with E-state index in [2.05, 4.69) is 18.2 Å². The van der Waals surface area contributed by atoms with Gasteiger partial charge in [0.1, 0.15) is 13.2 Å². The summed E-state index contributed by atoms with van der Waals surface area (Å²) < 4.78 is 11.2. The van der Waals surface area contributed by atoms with Gasteiger partial charge in [-0.25, -0.2) is 0 Å². The van der Waals surface area contributed by atoms with E-state index in [1.54, 1.807) is 16.7 Å². The van der Waals surface area contributed by atoms with E-state index in [9.17, 15) is 4.79 Å². The second-order valence-corrected chi connectivity index (χ2v) is 7.85. The molecule has 0 radical (unpaired) electrons. The molecule has 2 aliphatic rings. The first-order valence-corrected chi connectivity index (χ1v) is 10.0. The molecule has 136 valence electrons. The Morgan fingerprint density at radius 1 is 1.04 bits per heavy atom. The number of ether oxygens (including phenoxy) is 2. The van der Waals surface area contributed by atoms with Crippen LogP contribution in [-0.2, 0) is 24.2 Å². The quantitative estimate of drug-likeness (QED) is 0.754. The van der Waals surface area contributed by atoms with Crippen molar-refractivity contribution >= 4 is 17.7 Å². The van der Waals surface area contributed by atoms with E-state index in [4.69, 9.17) is 9.47 Å². The number of amides is 1. The lowest BCUT2D eigenvalue weighted by Crippen LogP contribution is -2.27. The molecular weight excluding hydrogens is 346 g/mol. The molecule has 5 heteroatoms. The smallest absolute Gasteiger partial charge is 0.232 e. The van der Waals surface area contributed by atoms with Crippen molar-refractivity contribution in [2.24, 2.45) is 0 Å². The molecule has 0 atom stereocenters. The Morgan fingerprint density at radius 3 is 2.73 bits per heavy atom. The monoisotopic (exact) mass is 369 g/mol. The van der Waals surface area contributed by atoms with E-state index < -0.39 is 0 Å². The minimum atomic E-state index is 0.130. The van der Waals surface area contributed by atoms with Crippen molar-refractivity contribution in [2.75, 3.05) is 26.0 Å². The summed E-state index contributed by atoms with van der Waals surface area (Å²) in [6, 6.07) is 12.5. The average Bonchev–Trinajstić information content (AvgIpc) is 3.13. The number of hydrogen-bond acceptors (Lipinski definition) is 4. The lowest BCUT2D eigenvalue weighted by atomic mass is 10.1. The Bertz CT molecular complexity index is 821. The molecule has 0 unspecified atom stereocenters. The fourth-order valence-corrected chi connectivity index (χ4v) is 4.34. The highest BCUT2D eigenvalue weighted by Crippen LogP contribution is 2.31. The number of carbonyl (C=O) groups is 1. The first-order chi connectivity index (χ1) is 12.7. The Morgan fingerprint density at radius 2 is 1.85 bits per heavy atom. The molecule has 1 heterocycles. The summed E-state index contributed by atoms with van der Waals surface area (Å²) in [5, 5.41) is 0. The minimum Gasteiger partial charge on any atom is -0.486 e. The number of thioether (sulfide) groups is 1. The number of hydrogen-bond donors (Lipinski definition) is 0. The maximum absolute atomic E-state index is 12.5. The molecule has 0 bridgehead atoms. The van der Waals surface area contributed by atoms with Gasteiger partial charge in [-0.2, -0.15) is 0 Å². The normalized spacial score (nSPS) is 14.8.